The first kappa shape index (κ1) is 22.2. The van der Waals surface area contributed by atoms with Crippen molar-refractivity contribution in [2.75, 3.05) is 5.32 Å². The van der Waals surface area contributed by atoms with Crippen LogP contribution in [0.3, 0.4) is 0 Å². The first-order valence-electron chi connectivity index (χ1n) is 10.2. The molecule has 0 bridgehead atoms. The van der Waals surface area contributed by atoms with E-state index < -0.39 is 0 Å². The lowest BCUT2D eigenvalue weighted by atomic mass is 9.87. The largest absolute Gasteiger partial charge is 0.298 e. The Hall–Kier alpha value is -3.03. The van der Waals surface area contributed by atoms with Crippen LogP contribution in [-0.2, 0) is 12.0 Å². The molecule has 0 aliphatic rings. The number of thiazole rings is 1. The number of nitrogens with zero attached hydrogens (tertiary/aromatic N) is 4. The molecular formula is C24H24ClN5OS. The van der Waals surface area contributed by atoms with Crippen molar-refractivity contribution >= 4 is 34.0 Å². The number of rotatable bonds is 5. The summed E-state index contributed by atoms with van der Waals surface area (Å²) in [5.41, 5.74) is 4.66. The second-order valence-electron chi connectivity index (χ2n) is 8.57. The van der Waals surface area contributed by atoms with Gasteiger partial charge in [-0.25, -0.2) is 9.67 Å². The summed E-state index contributed by atoms with van der Waals surface area (Å²) >= 11 is 7.86. The third kappa shape index (κ3) is 4.74. The van der Waals surface area contributed by atoms with Crippen molar-refractivity contribution < 1.29 is 4.79 Å². The summed E-state index contributed by atoms with van der Waals surface area (Å²) in [4.78, 5) is 22.0. The Morgan fingerprint density at radius 1 is 1.16 bits per heavy atom. The molecule has 1 aromatic carbocycles. The van der Waals surface area contributed by atoms with Gasteiger partial charge >= 0.3 is 0 Å². The molecule has 0 radical (unpaired) electrons. The third-order valence-corrected chi connectivity index (χ3v) is 6.22. The summed E-state index contributed by atoms with van der Waals surface area (Å²) in [6, 6.07) is 13.9. The maximum atomic E-state index is 13.0. The predicted octanol–water partition coefficient (Wildman–Crippen LogP) is 5.96. The first-order valence-corrected chi connectivity index (χ1v) is 11.5. The van der Waals surface area contributed by atoms with E-state index in [4.69, 9.17) is 11.6 Å². The summed E-state index contributed by atoms with van der Waals surface area (Å²) in [5.74, 6) is -0.330. The number of aryl methyl sites for hydroxylation is 1. The Morgan fingerprint density at radius 3 is 2.62 bits per heavy atom. The minimum Gasteiger partial charge on any atom is -0.298 e. The van der Waals surface area contributed by atoms with E-state index in [1.807, 2.05) is 47.8 Å². The lowest BCUT2D eigenvalue weighted by Gasteiger charge is -2.18. The number of hydrogen-bond donors (Lipinski definition) is 1. The molecule has 0 aliphatic carbocycles. The number of nitrogens with one attached hydrogen (secondary N) is 1. The van der Waals surface area contributed by atoms with Crippen LogP contribution in [0.4, 0.5) is 5.13 Å². The number of halogens is 1. The molecule has 8 heteroatoms. The van der Waals surface area contributed by atoms with Crippen molar-refractivity contribution in [3.8, 4) is 11.4 Å². The second-order valence-corrected chi connectivity index (χ2v) is 9.78. The zero-order valence-electron chi connectivity index (χ0n) is 18.4. The highest BCUT2D eigenvalue weighted by atomic mass is 35.5. The predicted molar refractivity (Wildman–Crippen MR) is 130 cm³/mol. The highest BCUT2D eigenvalue weighted by Crippen LogP contribution is 2.29. The van der Waals surface area contributed by atoms with E-state index in [0.29, 0.717) is 28.1 Å². The number of carbonyl (C=O) groups is 1. The molecule has 164 valence electrons. The van der Waals surface area contributed by atoms with E-state index in [-0.39, 0.29) is 11.3 Å². The van der Waals surface area contributed by atoms with Gasteiger partial charge in [-0.15, -0.1) is 11.3 Å². The van der Waals surface area contributed by atoms with Gasteiger partial charge in [-0.3, -0.25) is 15.1 Å². The average Bonchev–Trinajstić information content (AvgIpc) is 3.32. The molecular weight excluding hydrogens is 442 g/mol. The topological polar surface area (TPSA) is 72.7 Å². The maximum absolute atomic E-state index is 13.0. The molecule has 0 saturated carbocycles. The number of pyridine rings is 1. The molecule has 1 amide bonds. The van der Waals surface area contributed by atoms with Gasteiger partial charge in [-0.2, -0.15) is 5.10 Å². The van der Waals surface area contributed by atoms with Gasteiger partial charge in [0.1, 0.15) is 10.8 Å². The third-order valence-electron chi connectivity index (χ3n) is 5.08. The molecule has 0 unspecified atom stereocenters. The van der Waals surface area contributed by atoms with Crippen LogP contribution < -0.4 is 5.32 Å². The fourth-order valence-corrected chi connectivity index (χ4v) is 4.34. The highest BCUT2D eigenvalue weighted by Gasteiger charge is 2.22. The zero-order valence-corrected chi connectivity index (χ0v) is 20.0. The van der Waals surface area contributed by atoms with Gasteiger partial charge in [0, 0.05) is 11.6 Å². The Kier molecular flexibility index (Phi) is 6.13. The van der Waals surface area contributed by atoms with Crippen LogP contribution >= 0.6 is 22.9 Å². The molecule has 4 aromatic rings. The molecule has 3 heterocycles. The molecule has 0 saturated heterocycles. The number of amides is 1. The van der Waals surface area contributed by atoms with Crippen LogP contribution in [0, 0.1) is 6.92 Å². The lowest BCUT2D eigenvalue weighted by molar-refractivity contribution is 0.102. The fourth-order valence-electron chi connectivity index (χ4n) is 3.32. The monoisotopic (exact) mass is 465 g/mol. The van der Waals surface area contributed by atoms with Gasteiger partial charge in [0.25, 0.3) is 5.91 Å². The fraction of sp³-hybridized carbons (Fsp3) is 0.250. The quantitative estimate of drug-likeness (QED) is 0.394. The van der Waals surface area contributed by atoms with E-state index >= 15 is 0 Å². The van der Waals surface area contributed by atoms with E-state index in [0.717, 1.165) is 17.0 Å². The molecule has 6 nitrogen and oxygen atoms in total. The Balaban J connectivity index is 1.53. The number of anilines is 1. The molecule has 4 rings (SSSR count). The van der Waals surface area contributed by atoms with Crippen molar-refractivity contribution in [3.05, 3.63) is 81.6 Å². The van der Waals surface area contributed by atoms with Gasteiger partial charge in [-0.05, 0) is 35.6 Å². The van der Waals surface area contributed by atoms with Gasteiger partial charge < -0.3 is 0 Å². The number of carbonyl (C=O) groups excluding carboxylic acids is 1. The lowest BCUT2D eigenvalue weighted by Crippen LogP contribution is -2.13. The van der Waals surface area contributed by atoms with Gasteiger partial charge in [0.15, 0.2) is 5.13 Å². The molecule has 1 N–H and O–H groups in total. The van der Waals surface area contributed by atoms with Crippen LogP contribution in [0.5, 0.6) is 0 Å². The molecule has 3 aromatic heterocycles. The summed E-state index contributed by atoms with van der Waals surface area (Å²) in [6.07, 6.45) is 1.79. The summed E-state index contributed by atoms with van der Waals surface area (Å²) in [5, 5.41) is 9.98. The molecule has 32 heavy (non-hydrogen) atoms. The normalized spacial score (nSPS) is 11.5. The zero-order chi connectivity index (χ0) is 22.9. The summed E-state index contributed by atoms with van der Waals surface area (Å²) < 4.78 is 1.64. The first-order chi connectivity index (χ1) is 15.2. The van der Waals surface area contributed by atoms with E-state index in [9.17, 15) is 4.79 Å². The standard InChI is InChI=1S/C24H24ClN5OS/c1-15-20(21(25)30(29-15)13-16-8-6-5-7-9-16)22(31)28-23-27-19(14-32-23)18-12-17(10-11-26-18)24(2,3)4/h5-12,14H,13H2,1-4H3,(H,27,28,31). The van der Waals surface area contributed by atoms with Crippen molar-refractivity contribution in [2.45, 2.75) is 39.7 Å². The van der Waals surface area contributed by atoms with Gasteiger partial charge in [0.05, 0.1) is 23.5 Å². The van der Waals surface area contributed by atoms with Gasteiger partial charge in [-0.1, -0.05) is 62.7 Å². The van der Waals surface area contributed by atoms with Crippen LogP contribution in [0.2, 0.25) is 5.15 Å². The summed E-state index contributed by atoms with van der Waals surface area (Å²) in [7, 11) is 0. The van der Waals surface area contributed by atoms with Crippen molar-refractivity contribution in [2.24, 2.45) is 0 Å². The second kappa shape index (κ2) is 8.84. The molecule has 0 fully saturated rings. The average molecular weight is 466 g/mol. The molecule has 0 atom stereocenters. The maximum Gasteiger partial charge on any atom is 0.262 e. The highest BCUT2D eigenvalue weighted by molar-refractivity contribution is 7.14. The van der Waals surface area contributed by atoms with Crippen LogP contribution in [-0.4, -0.2) is 25.7 Å². The van der Waals surface area contributed by atoms with E-state index in [2.05, 4.69) is 41.2 Å². The van der Waals surface area contributed by atoms with Crippen molar-refractivity contribution in [1.82, 2.24) is 19.7 Å². The molecule has 0 spiro atoms. The van der Waals surface area contributed by atoms with E-state index in [1.165, 1.54) is 16.9 Å². The van der Waals surface area contributed by atoms with Gasteiger partial charge in [0.2, 0.25) is 0 Å². The smallest absolute Gasteiger partial charge is 0.262 e. The number of hydrogen-bond acceptors (Lipinski definition) is 5. The Bertz CT molecular complexity index is 1260. The van der Waals surface area contributed by atoms with Crippen LogP contribution in [0.1, 0.15) is 48.0 Å². The number of aromatic nitrogens is 4. The Morgan fingerprint density at radius 2 is 1.91 bits per heavy atom. The minimum atomic E-state index is -0.330. The SMILES string of the molecule is Cc1nn(Cc2ccccc2)c(Cl)c1C(=O)Nc1nc(-c2cc(C(C)(C)C)ccn2)cs1. The Labute approximate surface area is 196 Å². The van der Waals surface area contributed by atoms with Crippen LogP contribution in [0.15, 0.2) is 54.0 Å². The van der Waals surface area contributed by atoms with Crippen LogP contribution in [0.25, 0.3) is 11.4 Å². The number of benzene rings is 1. The summed E-state index contributed by atoms with van der Waals surface area (Å²) in [6.45, 7) is 8.73. The minimum absolute atomic E-state index is 0.0128. The van der Waals surface area contributed by atoms with Crippen molar-refractivity contribution in [1.29, 1.82) is 0 Å². The van der Waals surface area contributed by atoms with E-state index in [1.54, 1.807) is 17.8 Å². The molecule has 0 aliphatic heterocycles. The van der Waals surface area contributed by atoms with Crippen molar-refractivity contribution in [3.63, 3.8) is 0 Å².